The molecule has 0 heterocycles. The van der Waals surface area contributed by atoms with Crippen molar-refractivity contribution >= 4 is 12.1 Å². The predicted octanol–water partition coefficient (Wildman–Crippen LogP) is 4.05. The molecule has 0 aliphatic rings. The zero-order chi connectivity index (χ0) is 23.4. The lowest BCUT2D eigenvalue weighted by atomic mass is 9.82. The Hall–Kier alpha value is -3.00. The van der Waals surface area contributed by atoms with E-state index in [2.05, 4.69) is 5.32 Å². The highest BCUT2D eigenvalue weighted by atomic mass is 19.1. The van der Waals surface area contributed by atoms with Gasteiger partial charge in [-0.1, -0.05) is 24.3 Å². The lowest BCUT2D eigenvalue weighted by Gasteiger charge is -2.35. The fraction of sp³-hybridized carbons (Fsp3) is 0.391. The van der Waals surface area contributed by atoms with Crippen molar-refractivity contribution < 1.29 is 33.0 Å². The van der Waals surface area contributed by atoms with Crippen LogP contribution in [0.1, 0.15) is 45.7 Å². The molecular weight excluding hydrogens is 408 g/mol. The summed E-state index contributed by atoms with van der Waals surface area (Å²) in [6, 6.07) is 8.97. The Bertz CT molecular complexity index is 862. The minimum Gasteiger partial charge on any atom is -0.457 e. The van der Waals surface area contributed by atoms with E-state index in [1.165, 1.54) is 38.1 Å². The summed E-state index contributed by atoms with van der Waals surface area (Å²) in [7, 11) is 0. The molecule has 2 N–H and O–H groups in total. The van der Waals surface area contributed by atoms with E-state index >= 15 is 0 Å². The number of benzene rings is 2. The number of amides is 1. The van der Waals surface area contributed by atoms with Crippen molar-refractivity contribution in [1.29, 1.82) is 0 Å². The van der Waals surface area contributed by atoms with E-state index in [1.54, 1.807) is 20.8 Å². The number of esters is 1. The normalized spacial score (nSPS) is 13.8. The number of hydrogen-bond donors (Lipinski definition) is 2. The summed E-state index contributed by atoms with van der Waals surface area (Å²) in [5.74, 6) is -1.84. The van der Waals surface area contributed by atoms with Gasteiger partial charge in [-0.25, -0.2) is 18.4 Å². The Morgan fingerprint density at radius 1 is 0.903 bits per heavy atom. The van der Waals surface area contributed by atoms with Gasteiger partial charge in [-0.2, -0.15) is 0 Å². The summed E-state index contributed by atoms with van der Waals surface area (Å²) in [4.78, 5) is 24.4. The van der Waals surface area contributed by atoms with Crippen LogP contribution in [0.3, 0.4) is 0 Å². The van der Waals surface area contributed by atoms with Crippen molar-refractivity contribution in [1.82, 2.24) is 5.32 Å². The molecule has 0 radical (unpaired) electrons. The first-order valence-corrected chi connectivity index (χ1v) is 9.77. The lowest BCUT2D eigenvalue weighted by molar-refractivity contribution is -0.162. The van der Waals surface area contributed by atoms with E-state index < -0.39 is 47.0 Å². The molecule has 0 spiro atoms. The molecule has 0 saturated carbocycles. The number of rotatable bonds is 6. The summed E-state index contributed by atoms with van der Waals surface area (Å²) in [6.07, 6.45) is -1.96. The summed E-state index contributed by atoms with van der Waals surface area (Å²) in [5, 5.41) is 13.9. The molecule has 0 aliphatic heterocycles. The largest absolute Gasteiger partial charge is 0.457 e. The highest BCUT2D eigenvalue weighted by molar-refractivity contribution is 5.81. The van der Waals surface area contributed by atoms with Crippen LogP contribution >= 0.6 is 0 Å². The van der Waals surface area contributed by atoms with E-state index in [0.717, 1.165) is 24.3 Å². The third kappa shape index (κ3) is 6.24. The van der Waals surface area contributed by atoms with Gasteiger partial charge in [0.05, 0.1) is 0 Å². The Balaban J connectivity index is 2.26. The molecule has 8 heteroatoms. The molecule has 168 valence electrons. The maximum Gasteiger partial charge on any atom is 0.408 e. The molecule has 0 aliphatic carbocycles. The SMILES string of the molecule is C[C@H](OC(=O)[C@@H](C)NC(=O)OC(C)(C)C)C(O)(c1ccc(F)cc1)c1ccc(F)cc1. The minimum atomic E-state index is -1.90. The highest BCUT2D eigenvalue weighted by Gasteiger charge is 2.41. The Labute approximate surface area is 180 Å². The molecule has 31 heavy (non-hydrogen) atoms. The van der Waals surface area contributed by atoms with Crippen LogP contribution in [-0.2, 0) is 19.9 Å². The summed E-state index contributed by atoms with van der Waals surface area (Å²) in [6.45, 7) is 7.91. The highest BCUT2D eigenvalue weighted by Crippen LogP contribution is 2.35. The molecule has 2 rings (SSSR count). The van der Waals surface area contributed by atoms with Gasteiger partial charge in [0, 0.05) is 0 Å². The number of hydrogen-bond acceptors (Lipinski definition) is 5. The van der Waals surface area contributed by atoms with Gasteiger partial charge >= 0.3 is 12.1 Å². The smallest absolute Gasteiger partial charge is 0.408 e. The number of carbonyl (C=O) groups is 2. The van der Waals surface area contributed by atoms with Gasteiger partial charge in [0.15, 0.2) is 5.60 Å². The average Bonchev–Trinajstić information content (AvgIpc) is 2.66. The van der Waals surface area contributed by atoms with Gasteiger partial charge in [0.2, 0.25) is 0 Å². The average molecular weight is 435 g/mol. The van der Waals surface area contributed by atoms with Crippen molar-refractivity contribution in [3.05, 3.63) is 71.3 Å². The zero-order valence-corrected chi connectivity index (χ0v) is 18.1. The van der Waals surface area contributed by atoms with Crippen LogP contribution in [-0.4, -0.2) is 34.9 Å². The van der Waals surface area contributed by atoms with Crippen molar-refractivity contribution in [2.24, 2.45) is 0 Å². The van der Waals surface area contributed by atoms with Gasteiger partial charge < -0.3 is 19.9 Å². The first-order valence-electron chi connectivity index (χ1n) is 9.77. The van der Waals surface area contributed by atoms with E-state index in [1.807, 2.05) is 0 Å². The van der Waals surface area contributed by atoms with Crippen LogP contribution in [0.4, 0.5) is 13.6 Å². The number of ether oxygens (including phenoxy) is 2. The predicted molar refractivity (Wildman–Crippen MR) is 110 cm³/mol. The quantitative estimate of drug-likeness (QED) is 0.669. The van der Waals surface area contributed by atoms with Crippen LogP contribution in [0.25, 0.3) is 0 Å². The van der Waals surface area contributed by atoms with Crippen molar-refractivity contribution in [3.8, 4) is 0 Å². The molecular formula is C23H27F2NO5. The summed E-state index contributed by atoms with van der Waals surface area (Å²) >= 11 is 0. The Kier molecular flexibility index (Phi) is 7.38. The topological polar surface area (TPSA) is 84.9 Å². The first-order chi connectivity index (χ1) is 14.3. The second kappa shape index (κ2) is 9.43. The number of aliphatic hydroxyl groups is 1. The van der Waals surface area contributed by atoms with E-state index in [-0.39, 0.29) is 11.1 Å². The third-order valence-electron chi connectivity index (χ3n) is 4.54. The molecule has 2 aromatic carbocycles. The van der Waals surface area contributed by atoms with E-state index in [0.29, 0.717) is 0 Å². The maximum absolute atomic E-state index is 13.4. The molecule has 0 saturated heterocycles. The fourth-order valence-electron chi connectivity index (χ4n) is 2.95. The molecule has 0 bridgehead atoms. The second-order valence-corrected chi connectivity index (χ2v) is 8.23. The standard InChI is InChI=1S/C23H27F2NO5/c1-14(26-21(28)31-22(3,4)5)20(27)30-15(2)23(29,16-6-10-18(24)11-7-16)17-8-12-19(25)13-9-17/h6-15,29H,1-5H3,(H,26,28)/t14-,15+/m1/s1. The number of halogens is 2. The molecule has 0 aromatic heterocycles. The molecule has 0 fully saturated rings. The van der Waals surface area contributed by atoms with Crippen LogP contribution in [0, 0.1) is 11.6 Å². The number of carbonyl (C=O) groups excluding carboxylic acids is 2. The van der Waals surface area contributed by atoms with Crippen LogP contribution in [0.2, 0.25) is 0 Å². The van der Waals surface area contributed by atoms with Crippen molar-refractivity contribution in [2.45, 2.75) is 58.0 Å². The molecule has 0 unspecified atom stereocenters. The van der Waals surface area contributed by atoms with Crippen LogP contribution in [0.15, 0.2) is 48.5 Å². The van der Waals surface area contributed by atoms with Gasteiger partial charge in [0.1, 0.15) is 29.4 Å². The maximum atomic E-state index is 13.4. The molecule has 2 aromatic rings. The summed E-state index contributed by atoms with van der Waals surface area (Å²) in [5.41, 5.74) is -2.16. The van der Waals surface area contributed by atoms with Crippen LogP contribution in [0.5, 0.6) is 0 Å². The number of nitrogens with one attached hydrogen (secondary N) is 1. The van der Waals surface area contributed by atoms with Gasteiger partial charge in [-0.05, 0) is 70.0 Å². The number of alkyl carbamates (subject to hydrolysis) is 1. The fourth-order valence-corrected chi connectivity index (χ4v) is 2.95. The van der Waals surface area contributed by atoms with Gasteiger partial charge in [-0.3, -0.25) is 0 Å². The second-order valence-electron chi connectivity index (χ2n) is 8.23. The first kappa shape index (κ1) is 24.3. The lowest BCUT2D eigenvalue weighted by Crippen LogP contribution is -2.47. The van der Waals surface area contributed by atoms with Gasteiger partial charge in [-0.15, -0.1) is 0 Å². The molecule has 6 nitrogen and oxygen atoms in total. The van der Waals surface area contributed by atoms with E-state index in [4.69, 9.17) is 9.47 Å². The Morgan fingerprint density at radius 2 is 1.32 bits per heavy atom. The molecule has 2 atom stereocenters. The zero-order valence-electron chi connectivity index (χ0n) is 18.1. The van der Waals surface area contributed by atoms with Gasteiger partial charge in [0.25, 0.3) is 0 Å². The van der Waals surface area contributed by atoms with E-state index in [9.17, 15) is 23.5 Å². The Morgan fingerprint density at radius 3 is 1.71 bits per heavy atom. The minimum absolute atomic E-state index is 0.244. The molecule has 1 amide bonds. The van der Waals surface area contributed by atoms with Crippen molar-refractivity contribution in [2.75, 3.05) is 0 Å². The van der Waals surface area contributed by atoms with Crippen molar-refractivity contribution in [3.63, 3.8) is 0 Å². The third-order valence-corrected chi connectivity index (χ3v) is 4.54. The monoisotopic (exact) mass is 435 g/mol. The van der Waals surface area contributed by atoms with Crippen LogP contribution < -0.4 is 5.32 Å². The summed E-state index contributed by atoms with van der Waals surface area (Å²) < 4.78 is 37.4.